The number of nitrogens with two attached hydrogens (primary N) is 1. The molecule has 0 heterocycles. The summed E-state index contributed by atoms with van der Waals surface area (Å²) in [5.41, 5.74) is 6.16. The molecule has 0 spiro atoms. The Labute approximate surface area is 91.7 Å². The average molecular weight is 232 g/mol. The molecule has 1 atom stereocenters. The molecule has 82 valence electrons. The molecule has 15 heavy (non-hydrogen) atoms. The second-order valence-corrected chi connectivity index (χ2v) is 3.74. The number of aliphatic carboxylic acids is 1. The zero-order chi connectivity index (χ0) is 11.6. The van der Waals surface area contributed by atoms with E-state index in [2.05, 4.69) is 0 Å². The van der Waals surface area contributed by atoms with Crippen LogP contribution in [0.1, 0.15) is 11.1 Å². The number of hydrogen-bond donors (Lipinski definition) is 2. The standard InChI is InChI=1S/C10H11ClFNO2/c1-5-7(11)2-6(3-8(5)12)4-9(13)10(14)15/h2-3,9H,4,13H2,1H3,(H,14,15). The molecule has 0 saturated carbocycles. The number of halogens is 2. The number of carbonyl (C=O) groups is 1. The summed E-state index contributed by atoms with van der Waals surface area (Å²) in [7, 11) is 0. The lowest BCUT2D eigenvalue weighted by Crippen LogP contribution is -2.32. The molecule has 1 unspecified atom stereocenters. The Balaban J connectivity index is 2.92. The Morgan fingerprint density at radius 1 is 1.67 bits per heavy atom. The first-order valence-corrected chi connectivity index (χ1v) is 4.72. The summed E-state index contributed by atoms with van der Waals surface area (Å²) in [4.78, 5) is 10.5. The lowest BCUT2D eigenvalue weighted by Gasteiger charge is -2.08. The van der Waals surface area contributed by atoms with Crippen LogP contribution in [0.3, 0.4) is 0 Å². The van der Waals surface area contributed by atoms with Gasteiger partial charge >= 0.3 is 5.97 Å². The number of carboxylic acids is 1. The lowest BCUT2D eigenvalue weighted by molar-refractivity contribution is -0.138. The fraction of sp³-hybridized carbons (Fsp3) is 0.300. The Morgan fingerprint density at radius 2 is 2.27 bits per heavy atom. The van der Waals surface area contributed by atoms with Crippen LogP contribution in [0.25, 0.3) is 0 Å². The predicted molar refractivity (Wildman–Crippen MR) is 55.5 cm³/mol. The minimum absolute atomic E-state index is 0.0618. The minimum atomic E-state index is -1.12. The van der Waals surface area contributed by atoms with Crippen molar-refractivity contribution in [2.75, 3.05) is 0 Å². The van der Waals surface area contributed by atoms with Crippen molar-refractivity contribution in [1.82, 2.24) is 0 Å². The first-order chi connectivity index (χ1) is 6.91. The van der Waals surface area contributed by atoms with Crippen molar-refractivity contribution in [3.8, 4) is 0 Å². The van der Waals surface area contributed by atoms with Crippen LogP contribution in [-0.4, -0.2) is 17.1 Å². The van der Waals surface area contributed by atoms with Gasteiger partial charge in [0, 0.05) is 10.6 Å². The van der Waals surface area contributed by atoms with Gasteiger partial charge in [-0.1, -0.05) is 11.6 Å². The summed E-state index contributed by atoms with van der Waals surface area (Å²) in [6.45, 7) is 1.55. The fourth-order valence-corrected chi connectivity index (χ4v) is 1.39. The van der Waals surface area contributed by atoms with Crippen molar-refractivity contribution in [3.05, 3.63) is 34.1 Å². The highest BCUT2D eigenvalue weighted by Gasteiger charge is 2.14. The Bertz CT molecular complexity index is 372. The van der Waals surface area contributed by atoms with E-state index in [1.807, 2.05) is 0 Å². The molecule has 1 aromatic carbocycles. The van der Waals surface area contributed by atoms with E-state index in [0.717, 1.165) is 0 Å². The zero-order valence-electron chi connectivity index (χ0n) is 8.13. The highest BCUT2D eigenvalue weighted by atomic mass is 35.5. The zero-order valence-corrected chi connectivity index (χ0v) is 8.88. The van der Waals surface area contributed by atoms with Crippen LogP contribution < -0.4 is 5.73 Å². The molecule has 0 bridgehead atoms. The largest absolute Gasteiger partial charge is 0.480 e. The Kier molecular flexibility index (Phi) is 3.66. The van der Waals surface area contributed by atoms with E-state index in [0.29, 0.717) is 11.1 Å². The summed E-state index contributed by atoms with van der Waals surface area (Å²) >= 11 is 5.75. The van der Waals surface area contributed by atoms with Crippen LogP contribution in [0.15, 0.2) is 12.1 Å². The van der Waals surface area contributed by atoms with Gasteiger partial charge in [-0.05, 0) is 31.0 Å². The van der Waals surface area contributed by atoms with E-state index in [1.165, 1.54) is 12.1 Å². The maximum atomic E-state index is 13.2. The van der Waals surface area contributed by atoms with Gasteiger partial charge in [0.15, 0.2) is 0 Å². The van der Waals surface area contributed by atoms with E-state index >= 15 is 0 Å². The molecule has 0 saturated heterocycles. The van der Waals surface area contributed by atoms with Crippen molar-refractivity contribution >= 4 is 17.6 Å². The Morgan fingerprint density at radius 3 is 2.73 bits per heavy atom. The van der Waals surface area contributed by atoms with Crippen molar-refractivity contribution in [1.29, 1.82) is 0 Å². The van der Waals surface area contributed by atoms with Crippen LogP contribution in [-0.2, 0) is 11.2 Å². The van der Waals surface area contributed by atoms with E-state index in [-0.39, 0.29) is 11.4 Å². The molecule has 0 fully saturated rings. The molecular formula is C10H11ClFNO2. The van der Waals surface area contributed by atoms with Crippen LogP contribution in [0, 0.1) is 12.7 Å². The van der Waals surface area contributed by atoms with Crippen molar-refractivity contribution < 1.29 is 14.3 Å². The second-order valence-electron chi connectivity index (χ2n) is 3.33. The maximum Gasteiger partial charge on any atom is 0.320 e. The monoisotopic (exact) mass is 231 g/mol. The van der Waals surface area contributed by atoms with Gasteiger partial charge in [-0.2, -0.15) is 0 Å². The summed E-state index contributed by atoms with van der Waals surface area (Å²) < 4.78 is 13.2. The van der Waals surface area contributed by atoms with Crippen molar-refractivity contribution in [2.24, 2.45) is 5.73 Å². The van der Waals surface area contributed by atoms with Crippen LogP contribution in [0.4, 0.5) is 4.39 Å². The van der Waals surface area contributed by atoms with E-state index < -0.39 is 17.8 Å². The van der Waals surface area contributed by atoms with E-state index in [4.69, 9.17) is 22.4 Å². The quantitative estimate of drug-likeness (QED) is 0.833. The number of hydrogen-bond acceptors (Lipinski definition) is 2. The highest BCUT2D eigenvalue weighted by Crippen LogP contribution is 2.21. The van der Waals surface area contributed by atoms with E-state index in [1.54, 1.807) is 6.92 Å². The minimum Gasteiger partial charge on any atom is -0.480 e. The van der Waals surface area contributed by atoms with E-state index in [9.17, 15) is 9.18 Å². The first-order valence-electron chi connectivity index (χ1n) is 4.34. The van der Waals surface area contributed by atoms with Gasteiger partial charge in [-0.25, -0.2) is 4.39 Å². The molecule has 0 aromatic heterocycles. The molecule has 3 nitrogen and oxygen atoms in total. The van der Waals surface area contributed by atoms with Gasteiger partial charge in [0.1, 0.15) is 11.9 Å². The summed E-state index contributed by atoms with van der Waals surface area (Å²) in [5.74, 6) is -1.57. The summed E-state index contributed by atoms with van der Waals surface area (Å²) in [5, 5.41) is 8.86. The third-order valence-corrected chi connectivity index (χ3v) is 2.51. The van der Waals surface area contributed by atoms with Crippen molar-refractivity contribution in [3.63, 3.8) is 0 Å². The fourth-order valence-electron chi connectivity index (χ4n) is 1.16. The number of benzene rings is 1. The molecule has 1 aromatic rings. The molecule has 0 radical (unpaired) electrons. The van der Waals surface area contributed by atoms with Gasteiger partial charge in [0.05, 0.1) is 0 Å². The highest BCUT2D eigenvalue weighted by molar-refractivity contribution is 6.31. The Hall–Kier alpha value is -1.13. The van der Waals surface area contributed by atoms with Gasteiger partial charge in [0.2, 0.25) is 0 Å². The normalized spacial score (nSPS) is 12.5. The third-order valence-electron chi connectivity index (χ3n) is 2.11. The third kappa shape index (κ3) is 2.91. The van der Waals surface area contributed by atoms with Gasteiger partial charge in [0.25, 0.3) is 0 Å². The SMILES string of the molecule is Cc1c(F)cc(CC(N)C(=O)O)cc1Cl. The average Bonchev–Trinajstić information content (AvgIpc) is 2.13. The predicted octanol–water partition coefficient (Wildman–Crippen LogP) is 1.74. The molecule has 0 aliphatic rings. The maximum absolute atomic E-state index is 13.2. The summed E-state index contributed by atoms with van der Waals surface area (Å²) in [6, 6.07) is 1.75. The summed E-state index contributed by atoms with van der Waals surface area (Å²) in [6.07, 6.45) is 0.0618. The molecule has 0 amide bonds. The molecule has 3 N–H and O–H groups in total. The topological polar surface area (TPSA) is 63.3 Å². The molecular weight excluding hydrogens is 221 g/mol. The smallest absolute Gasteiger partial charge is 0.320 e. The lowest BCUT2D eigenvalue weighted by atomic mass is 10.0. The number of rotatable bonds is 3. The molecule has 5 heteroatoms. The molecule has 0 aliphatic heterocycles. The van der Waals surface area contributed by atoms with Crippen LogP contribution >= 0.6 is 11.6 Å². The van der Waals surface area contributed by atoms with Crippen molar-refractivity contribution in [2.45, 2.75) is 19.4 Å². The van der Waals surface area contributed by atoms with Crippen LogP contribution in [0.5, 0.6) is 0 Å². The van der Waals surface area contributed by atoms with Gasteiger partial charge in [-0.15, -0.1) is 0 Å². The second kappa shape index (κ2) is 4.59. The molecule has 1 rings (SSSR count). The van der Waals surface area contributed by atoms with Crippen LogP contribution in [0.2, 0.25) is 5.02 Å². The van der Waals surface area contributed by atoms with Gasteiger partial charge < -0.3 is 10.8 Å². The van der Waals surface area contributed by atoms with Gasteiger partial charge in [-0.3, -0.25) is 4.79 Å². The molecule has 0 aliphatic carbocycles. The first kappa shape index (κ1) is 11.9. The number of carboxylic acid groups (broad SMARTS) is 1.